The quantitative estimate of drug-likeness (QED) is 0.507. The Bertz CT molecular complexity index is 1520. The number of aryl methyl sites for hydroxylation is 2. The summed E-state index contributed by atoms with van der Waals surface area (Å²) in [5, 5.41) is 0.251. The normalized spacial score (nSPS) is 19.5. The van der Waals surface area contributed by atoms with Crippen LogP contribution < -0.4 is 10.3 Å². The first-order valence-electron chi connectivity index (χ1n) is 13.4. The van der Waals surface area contributed by atoms with Crippen LogP contribution in [0.4, 0.5) is 5.69 Å². The molecule has 2 aliphatic rings. The Kier molecular flexibility index (Phi) is 7.33. The van der Waals surface area contributed by atoms with Crippen LogP contribution in [-0.2, 0) is 17.1 Å². The van der Waals surface area contributed by atoms with E-state index < -0.39 is 15.5 Å². The van der Waals surface area contributed by atoms with Gasteiger partial charge in [-0.3, -0.25) is 9.59 Å². The number of carbonyl (C=O) groups is 1. The van der Waals surface area contributed by atoms with Gasteiger partial charge in [0.1, 0.15) is 5.56 Å². The van der Waals surface area contributed by atoms with Gasteiger partial charge in [0.25, 0.3) is 5.91 Å². The highest BCUT2D eigenvalue weighted by molar-refractivity contribution is 7.89. The molecule has 38 heavy (non-hydrogen) atoms. The number of carbonyl (C=O) groups excluding carboxylic acids is 1. The molecule has 1 amide bonds. The second-order valence-electron chi connectivity index (χ2n) is 10.6. The van der Waals surface area contributed by atoms with Crippen molar-refractivity contribution in [1.82, 2.24) is 13.8 Å². The summed E-state index contributed by atoms with van der Waals surface area (Å²) in [5.41, 5.74) is 2.55. The number of fused-ring (bicyclic) bond motifs is 1. The standard InChI is InChI=1S/C29H36N4O4S/c1-21-9-8-10-23(17-21)33-16-15-31(19-22(33)2)29(35)26-20-30(3)27-12-11-24(18-25(27)28(26)34)38(36,37)32-13-6-4-5-7-14-32/h8-12,17-18,20,22H,4-7,13-16,19H2,1-3H3/t22-/m0/s1. The predicted molar refractivity (Wildman–Crippen MR) is 150 cm³/mol. The van der Waals surface area contributed by atoms with E-state index in [9.17, 15) is 18.0 Å². The van der Waals surface area contributed by atoms with Gasteiger partial charge in [0.2, 0.25) is 15.5 Å². The number of aromatic nitrogens is 1. The monoisotopic (exact) mass is 536 g/mol. The van der Waals surface area contributed by atoms with E-state index in [2.05, 4.69) is 36.9 Å². The molecule has 0 aliphatic carbocycles. The van der Waals surface area contributed by atoms with E-state index in [0.717, 1.165) is 31.4 Å². The van der Waals surface area contributed by atoms with E-state index in [4.69, 9.17) is 0 Å². The van der Waals surface area contributed by atoms with E-state index in [0.29, 0.717) is 38.2 Å². The fraction of sp³-hybridized carbons (Fsp3) is 0.448. The summed E-state index contributed by atoms with van der Waals surface area (Å²) in [6.45, 7) is 6.79. The summed E-state index contributed by atoms with van der Waals surface area (Å²) in [6, 6.07) is 13.1. The lowest BCUT2D eigenvalue weighted by molar-refractivity contribution is 0.0724. The van der Waals surface area contributed by atoms with Crippen molar-refractivity contribution in [3.05, 3.63) is 70.0 Å². The Morgan fingerprint density at radius 1 is 0.947 bits per heavy atom. The molecule has 5 rings (SSSR count). The molecule has 9 heteroatoms. The van der Waals surface area contributed by atoms with Gasteiger partial charge in [-0.2, -0.15) is 4.31 Å². The summed E-state index contributed by atoms with van der Waals surface area (Å²) in [6.07, 6.45) is 5.29. The lowest BCUT2D eigenvalue weighted by atomic mass is 10.1. The van der Waals surface area contributed by atoms with Crippen LogP contribution in [0.15, 0.2) is 58.4 Å². The molecule has 202 valence electrons. The molecule has 0 N–H and O–H groups in total. The van der Waals surface area contributed by atoms with Crippen LogP contribution in [0.25, 0.3) is 10.9 Å². The summed E-state index contributed by atoms with van der Waals surface area (Å²) >= 11 is 0. The lowest BCUT2D eigenvalue weighted by Gasteiger charge is -2.41. The average Bonchev–Trinajstić information content (AvgIpc) is 3.20. The van der Waals surface area contributed by atoms with E-state index >= 15 is 0 Å². The zero-order chi connectivity index (χ0) is 27.0. The molecule has 2 saturated heterocycles. The highest BCUT2D eigenvalue weighted by Crippen LogP contribution is 2.25. The lowest BCUT2D eigenvalue weighted by Crippen LogP contribution is -2.54. The number of amides is 1. The third-order valence-electron chi connectivity index (χ3n) is 7.84. The first kappa shape index (κ1) is 26.4. The Balaban J connectivity index is 1.44. The van der Waals surface area contributed by atoms with Crippen molar-refractivity contribution < 1.29 is 13.2 Å². The molecule has 0 radical (unpaired) electrons. The van der Waals surface area contributed by atoms with Crippen molar-refractivity contribution in [3.8, 4) is 0 Å². The SMILES string of the molecule is Cc1cccc(N2CCN(C(=O)c3cn(C)c4ccc(S(=O)(=O)N5CCCCCC5)cc4c3=O)C[C@@H]2C)c1. The Hall–Kier alpha value is -3.17. The fourth-order valence-corrected chi connectivity index (χ4v) is 7.26. The molecular weight excluding hydrogens is 500 g/mol. The number of piperazine rings is 1. The largest absolute Gasteiger partial charge is 0.365 e. The van der Waals surface area contributed by atoms with Gasteiger partial charge < -0.3 is 14.4 Å². The molecule has 2 aromatic carbocycles. The highest BCUT2D eigenvalue weighted by atomic mass is 32.2. The number of pyridine rings is 1. The van der Waals surface area contributed by atoms with Crippen LogP contribution in [-0.4, -0.2) is 66.9 Å². The van der Waals surface area contributed by atoms with Crippen LogP contribution in [0, 0.1) is 6.92 Å². The van der Waals surface area contributed by atoms with Crippen LogP contribution in [0.2, 0.25) is 0 Å². The summed E-state index contributed by atoms with van der Waals surface area (Å²) in [7, 11) is -1.94. The maximum Gasteiger partial charge on any atom is 0.259 e. The molecule has 1 atom stereocenters. The highest BCUT2D eigenvalue weighted by Gasteiger charge is 2.30. The molecule has 1 aromatic heterocycles. The van der Waals surface area contributed by atoms with E-state index in [-0.39, 0.29) is 27.8 Å². The molecule has 2 fully saturated rings. The topological polar surface area (TPSA) is 82.9 Å². The number of sulfonamides is 1. The smallest absolute Gasteiger partial charge is 0.259 e. The average molecular weight is 537 g/mol. The van der Waals surface area contributed by atoms with E-state index in [1.807, 2.05) is 6.07 Å². The summed E-state index contributed by atoms with van der Waals surface area (Å²) in [4.78, 5) is 31.3. The van der Waals surface area contributed by atoms with Crippen molar-refractivity contribution in [2.24, 2.45) is 7.05 Å². The molecular formula is C29H36N4O4S. The fourth-order valence-electron chi connectivity index (χ4n) is 5.72. The minimum atomic E-state index is -3.72. The molecule has 0 spiro atoms. The number of rotatable bonds is 4. The predicted octanol–water partition coefficient (Wildman–Crippen LogP) is 3.76. The molecule has 3 heterocycles. The number of nitrogens with zero attached hydrogens (tertiary/aromatic N) is 4. The van der Waals surface area contributed by atoms with Crippen LogP contribution in [0.3, 0.4) is 0 Å². The second-order valence-corrected chi connectivity index (χ2v) is 12.6. The van der Waals surface area contributed by atoms with Gasteiger partial charge in [0.15, 0.2) is 0 Å². The van der Waals surface area contributed by atoms with Gasteiger partial charge in [-0.1, -0.05) is 25.0 Å². The van der Waals surface area contributed by atoms with E-state index in [1.165, 1.54) is 15.9 Å². The van der Waals surface area contributed by atoms with Gasteiger partial charge in [-0.05, 0) is 62.6 Å². The second kappa shape index (κ2) is 10.5. The van der Waals surface area contributed by atoms with E-state index in [1.54, 1.807) is 34.8 Å². The minimum Gasteiger partial charge on any atom is -0.365 e. The Morgan fingerprint density at radius 2 is 1.68 bits per heavy atom. The maximum atomic E-state index is 13.6. The van der Waals surface area contributed by atoms with Crippen LogP contribution in [0.1, 0.15) is 48.5 Å². The minimum absolute atomic E-state index is 0.0699. The summed E-state index contributed by atoms with van der Waals surface area (Å²) < 4.78 is 30.0. The molecule has 0 saturated carbocycles. The zero-order valence-corrected chi connectivity index (χ0v) is 23.2. The van der Waals surface area contributed by atoms with Gasteiger partial charge in [-0.25, -0.2) is 8.42 Å². The van der Waals surface area contributed by atoms with Gasteiger partial charge in [-0.15, -0.1) is 0 Å². The maximum absolute atomic E-state index is 13.6. The van der Waals surface area contributed by atoms with Crippen LogP contribution >= 0.6 is 0 Å². The number of benzene rings is 2. The van der Waals surface area contributed by atoms with Crippen molar-refractivity contribution in [2.75, 3.05) is 37.6 Å². The number of hydrogen-bond donors (Lipinski definition) is 0. The zero-order valence-electron chi connectivity index (χ0n) is 22.4. The molecule has 8 nitrogen and oxygen atoms in total. The molecule has 0 unspecified atom stereocenters. The molecule has 2 aliphatic heterocycles. The first-order valence-corrected chi connectivity index (χ1v) is 14.9. The van der Waals surface area contributed by atoms with Crippen molar-refractivity contribution in [1.29, 1.82) is 0 Å². The Morgan fingerprint density at radius 3 is 2.37 bits per heavy atom. The number of hydrogen-bond acceptors (Lipinski definition) is 5. The van der Waals surface area contributed by atoms with Crippen LogP contribution in [0.5, 0.6) is 0 Å². The molecule has 0 bridgehead atoms. The van der Waals surface area contributed by atoms with Gasteiger partial charge >= 0.3 is 0 Å². The first-order chi connectivity index (χ1) is 18.2. The number of anilines is 1. The summed E-state index contributed by atoms with van der Waals surface area (Å²) in [5.74, 6) is -0.316. The van der Waals surface area contributed by atoms with Gasteiger partial charge in [0, 0.05) is 63.1 Å². The van der Waals surface area contributed by atoms with Crippen molar-refractivity contribution in [3.63, 3.8) is 0 Å². The Labute approximate surface area is 224 Å². The molecule has 3 aromatic rings. The van der Waals surface area contributed by atoms with Crippen molar-refractivity contribution in [2.45, 2.75) is 50.5 Å². The third kappa shape index (κ3) is 4.97. The van der Waals surface area contributed by atoms with Gasteiger partial charge in [0.05, 0.1) is 10.4 Å². The third-order valence-corrected chi connectivity index (χ3v) is 9.74. The van der Waals surface area contributed by atoms with Crippen molar-refractivity contribution >= 4 is 32.5 Å².